The summed E-state index contributed by atoms with van der Waals surface area (Å²) in [4.78, 5) is 8.11. The standard InChI is InChI=1S/C11H8ClN2O.2ClH.Ti/c12-8-3-4-11(15)10(6-8)14-7-9-2-1-5-13-9;;;/h1-7H,(H-,13,14,15);2*1H;/q-1;;;+2/p-2. The molecule has 0 bridgehead atoms. The van der Waals surface area contributed by atoms with Crippen molar-refractivity contribution in [2.45, 2.75) is 0 Å². The SMILES string of the molecule is Oc1ccc(Cl)cc1N=Cc1ccc[n-]1.[Cl][Ti][Cl]. The molecule has 2 aromatic rings. The Morgan fingerprint density at radius 1 is 1.28 bits per heavy atom. The third-order valence-electron chi connectivity index (χ3n) is 1.85. The number of aromatic hydroxyl groups is 1. The van der Waals surface area contributed by atoms with Crippen molar-refractivity contribution >= 4 is 42.1 Å². The summed E-state index contributed by atoms with van der Waals surface area (Å²) in [5.41, 5.74) is 1.18. The van der Waals surface area contributed by atoms with Gasteiger partial charge in [-0.2, -0.15) is 6.20 Å². The zero-order chi connectivity index (χ0) is 13.4. The normalized spacial score (nSPS) is 9.94. The van der Waals surface area contributed by atoms with Gasteiger partial charge < -0.3 is 10.1 Å². The molecule has 0 fully saturated rings. The zero-order valence-corrected chi connectivity index (χ0v) is 12.8. The number of nitrogens with zero attached hydrogens (tertiary/aromatic N) is 2. The molecule has 0 atom stereocenters. The second-order valence-corrected chi connectivity index (χ2v) is 6.04. The van der Waals surface area contributed by atoms with Crippen LogP contribution >= 0.6 is 30.2 Å². The molecule has 94 valence electrons. The van der Waals surface area contributed by atoms with Crippen LogP contribution in [0.2, 0.25) is 5.02 Å². The summed E-state index contributed by atoms with van der Waals surface area (Å²) in [5.74, 6) is 0.0993. The molecule has 1 N–H and O–H groups in total. The van der Waals surface area contributed by atoms with Gasteiger partial charge in [0, 0.05) is 11.2 Å². The van der Waals surface area contributed by atoms with E-state index < -0.39 is 17.0 Å². The van der Waals surface area contributed by atoms with Crippen LogP contribution < -0.4 is 4.98 Å². The second-order valence-electron chi connectivity index (χ2n) is 3.02. The van der Waals surface area contributed by atoms with E-state index in [-0.39, 0.29) is 5.75 Å². The van der Waals surface area contributed by atoms with Crippen LogP contribution in [0.25, 0.3) is 0 Å². The molecule has 0 aliphatic rings. The molecule has 1 aromatic heterocycles. The minimum atomic E-state index is -0.556. The van der Waals surface area contributed by atoms with Crippen molar-refractivity contribution in [2.24, 2.45) is 4.99 Å². The Hall–Kier alpha value is -0.446. The first-order chi connectivity index (χ1) is 8.67. The van der Waals surface area contributed by atoms with Gasteiger partial charge in [0.05, 0.1) is 0 Å². The number of phenols is 1. The third-order valence-corrected chi connectivity index (χ3v) is 2.09. The topological polar surface area (TPSA) is 46.7 Å². The fourth-order valence-corrected chi connectivity index (χ4v) is 1.29. The molecule has 0 saturated carbocycles. The fourth-order valence-electron chi connectivity index (χ4n) is 1.13. The van der Waals surface area contributed by atoms with Gasteiger partial charge >= 0.3 is 35.6 Å². The molecular weight excluding hydrogens is 330 g/mol. The molecule has 18 heavy (non-hydrogen) atoms. The predicted molar refractivity (Wildman–Crippen MR) is 71.8 cm³/mol. The Morgan fingerprint density at radius 3 is 2.61 bits per heavy atom. The molecule has 7 heteroatoms. The molecule has 0 aliphatic heterocycles. The third kappa shape index (κ3) is 5.46. The van der Waals surface area contributed by atoms with Crippen molar-refractivity contribution < 1.29 is 22.1 Å². The molecule has 0 spiro atoms. The minimum absolute atomic E-state index is 0.0993. The maximum absolute atomic E-state index is 9.47. The van der Waals surface area contributed by atoms with Gasteiger partial charge in [0.1, 0.15) is 11.4 Å². The number of aliphatic imine (C=N–C) groups is 1. The number of benzene rings is 1. The van der Waals surface area contributed by atoms with E-state index >= 15 is 0 Å². The number of hydrogen-bond acceptors (Lipinski definition) is 2. The maximum atomic E-state index is 9.47. The number of halogens is 3. The van der Waals surface area contributed by atoms with Crippen molar-refractivity contribution in [1.82, 2.24) is 4.98 Å². The van der Waals surface area contributed by atoms with Crippen LogP contribution in [0.15, 0.2) is 41.5 Å². The molecule has 1 heterocycles. The summed E-state index contributed by atoms with van der Waals surface area (Å²) in [6, 6.07) is 8.35. The van der Waals surface area contributed by atoms with Gasteiger partial charge in [0.25, 0.3) is 0 Å². The van der Waals surface area contributed by atoms with Crippen LogP contribution in [0.1, 0.15) is 5.69 Å². The van der Waals surface area contributed by atoms with Gasteiger partial charge in [-0.3, -0.25) is 4.99 Å². The molecule has 0 amide bonds. The van der Waals surface area contributed by atoms with Crippen LogP contribution in [0.3, 0.4) is 0 Å². The summed E-state index contributed by atoms with van der Waals surface area (Å²) in [5, 5.41) is 10.0. The van der Waals surface area contributed by atoms with Crippen molar-refractivity contribution in [2.75, 3.05) is 0 Å². The van der Waals surface area contributed by atoms with Crippen molar-refractivity contribution in [1.29, 1.82) is 0 Å². The first-order valence-corrected chi connectivity index (χ1v) is 9.41. The molecule has 0 radical (unpaired) electrons. The molecule has 0 aliphatic carbocycles. The molecule has 0 unspecified atom stereocenters. The Bertz CT molecular complexity index is 503. The summed E-state index contributed by atoms with van der Waals surface area (Å²) < 4.78 is 0. The van der Waals surface area contributed by atoms with Gasteiger partial charge in [-0.15, -0.1) is 5.69 Å². The second kappa shape index (κ2) is 8.62. The van der Waals surface area contributed by atoms with E-state index in [1.807, 2.05) is 12.1 Å². The van der Waals surface area contributed by atoms with E-state index in [2.05, 4.69) is 9.98 Å². The van der Waals surface area contributed by atoms with E-state index in [9.17, 15) is 5.11 Å². The Labute approximate surface area is 126 Å². The van der Waals surface area contributed by atoms with E-state index in [4.69, 9.17) is 30.2 Å². The summed E-state index contributed by atoms with van der Waals surface area (Å²) in [7, 11) is 9.78. The molecular formula is C11H8Cl3N2OTi-. The summed E-state index contributed by atoms with van der Waals surface area (Å²) in [6.45, 7) is 0. The van der Waals surface area contributed by atoms with Gasteiger partial charge in [-0.25, -0.2) is 0 Å². The molecule has 0 saturated heterocycles. The zero-order valence-electron chi connectivity index (χ0n) is 9.02. The van der Waals surface area contributed by atoms with Crippen LogP contribution in [-0.4, -0.2) is 11.3 Å². The van der Waals surface area contributed by atoms with Crippen LogP contribution in [0.4, 0.5) is 5.69 Å². The summed E-state index contributed by atoms with van der Waals surface area (Å²) in [6.07, 6.45) is 3.25. The van der Waals surface area contributed by atoms with Gasteiger partial charge in [-0.1, -0.05) is 23.7 Å². The predicted octanol–water partition coefficient (Wildman–Crippen LogP) is 4.13. The van der Waals surface area contributed by atoms with Crippen molar-refractivity contribution in [3.8, 4) is 5.75 Å². The van der Waals surface area contributed by atoms with Gasteiger partial charge in [0.15, 0.2) is 0 Å². The number of hydrogen-bond donors (Lipinski definition) is 1. The average molecular weight is 338 g/mol. The van der Waals surface area contributed by atoms with Crippen LogP contribution in [0.5, 0.6) is 5.75 Å². The number of aromatic nitrogens is 1. The average Bonchev–Trinajstić information content (AvgIpc) is 2.84. The van der Waals surface area contributed by atoms with Crippen molar-refractivity contribution in [3.05, 3.63) is 47.2 Å². The van der Waals surface area contributed by atoms with E-state index in [1.54, 1.807) is 24.5 Å². The van der Waals surface area contributed by atoms with Crippen molar-refractivity contribution in [3.63, 3.8) is 0 Å². The Kier molecular flexibility index (Phi) is 7.48. The first-order valence-electron chi connectivity index (χ1n) is 4.74. The van der Waals surface area contributed by atoms with Crippen LogP contribution in [0, 0.1) is 0 Å². The summed E-state index contributed by atoms with van der Waals surface area (Å²) >= 11 is 5.22. The van der Waals surface area contributed by atoms with E-state index in [0.29, 0.717) is 10.7 Å². The Balaban J connectivity index is 0.000000492. The van der Waals surface area contributed by atoms with E-state index in [1.165, 1.54) is 6.07 Å². The molecule has 1 aromatic carbocycles. The fraction of sp³-hybridized carbons (Fsp3) is 0. The quantitative estimate of drug-likeness (QED) is 0.661. The monoisotopic (exact) mass is 337 g/mol. The van der Waals surface area contributed by atoms with Gasteiger partial charge in [-0.05, 0) is 18.2 Å². The first kappa shape index (κ1) is 15.6. The number of phenolic OH excluding ortho intramolecular Hbond substituents is 1. The molecule has 2 rings (SSSR count). The number of rotatable bonds is 2. The van der Waals surface area contributed by atoms with E-state index in [0.717, 1.165) is 5.69 Å². The molecule has 3 nitrogen and oxygen atoms in total. The van der Waals surface area contributed by atoms with Crippen LogP contribution in [-0.2, 0) is 17.0 Å². The Morgan fingerprint density at radius 2 is 2.00 bits per heavy atom. The van der Waals surface area contributed by atoms with Gasteiger partial charge in [0.2, 0.25) is 0 Å².